The van der Waals surface area contributed by atoms with Crippen LogP contribution in [0, 0.1) is 0 Å². The summed E-state index contributed by atoms with van der Waals surface area (Å²) in [6, 6.07) is 9.21. The van der Waals surface area contributed by atoms with Gasteiger partial charge in [-0.3, -0.25) is 19.4 Å². The Morgan fingerprint density at radius 1 is 1.27 bits per heavy atom. The van der Waals surface area contributed by atoms with Gasteiger partial charge in [-0.15, -0.1) is 0 Å². The number of nitrogens with one attached hydrogen (secondary N) is 2. The smallest absolute Gasteiger partial charge is 0.329 e. The van der Waals surface area contributed by atoms with E-state index in [1.54, 1.807) is 13.3 Å². The van der Waals surface area contributed by atoms with Gasteiger partial charge in [-0.25, -0.2) is 4.79 Å². The normalized spacial score (nSPS) is 11.4. The number of nitrogens with zero attached hydrogens (tertiary/aromatic N) is 3. The second-order valence-electron chi connectivity index (χ2n) is 4.91. The molecule has 0 aliphatic rings. The molecule has 7 nitrogen and oxygen atoms in total. The van der Waals surface area contributed by atoms with E-state index in [1.807, 2.05) is 30.5 Å². The molecule has 7 heteroatoms. The predicted molar refractivity (Wildman–Crippen MR) is 86.6 cm³/mol. The van der Waals surface area contributed by atoms with Gasteiger partial charge in [-0.2, -0.15) is 5.10 Å². The Morgan fingerprint density at radius 3 is 2.82 bits per heavy atom. The summed E-state index contributed by atoms with van der Waals surface area (Å²) in [5.41, 5.74) is 1.09. The lowest BCUT2D eigenvalue weighted by Crippen LogP contribution is -2.33. The quantitative estimate of drug-likeness (QED) is 0.559. The van der Waals surface area contributed by atoms with Crippen LogP contribution in [0.1, 0.15) is 5.56 Å². The molecule has 0 amide bonds. The van der Waals surface area contributed by atoms with Gasteiger partial charge >= 0.3 is 5.69 Å². The van der Waals surface area contributed by atoms with Gasteiger partial charge in [-0.1, -0.05) is 18.2 Å². The number of benzene rings is 1. The van der Waals surface area contributed by atoms with Crippen LogP contribution in [0.15, 0.2) is 51.2 Å². The zero-order valence-corrected chi connectivity index (χ0v) is 12.2. The summed E-state index contributed by atoms with van der Waals surface area (Å²) in [7, 11) is 3.08. The van der Waals surface area contributed by atoms with Gasteiger partial charge < -0.3 is 4.98 Å². The summed E-state index contributed by atoms with van der Waals surface area (Å²) in [5.74, 6) is 0.337. The molecule has 2 aromatic heterocycles. The molecule has 0 fully saturated rings. The van der Waals surface area contributed by atoms with E-state index in [0.29, 0.717) is 5.82 Å². The minimum absolute atomic E-state index is 0.337. The highest BCUT2D eigenvalue weighted by molar-refractivity contribution is 5.99. The van der Waals surface area contributed by atoms with Crippen LogP contribution >= 0.6 is 0 Å². The van der Waals surface area contributed by atoms with E-state index in [0.717, 1.165) is 21.0 Å². The third-order valence-corrected chi connectivity index (χ3v) is 3.47. The number of H-pyrrole nitrogens is 2. The number of rotatable bonds is 3. The molecule has 3 rings (SSSR count). The molecular formula is C15H15N5O2. The molecule has 2 heterocycles. The number of anilines is 1. The van der Waals surface area contributed by atoms with Crippen molar-refractivity contribution in [3.05, 3.63) is 62.9 Å². The fourth-order valence-electron chi connectivity index (χ4n) is 2.13. The van der Waals surface area contributed by atoms with Gasteiger partial charge in [-0.05, 0) is 6.07 Å². The van der Waals surface area contributed by atoms with E-state index >= 15 is 0 Å². The third kappa shape index (κ3) is 2.44. The van der Waals surface area contributed by atoms with Crippen molar-refractivity contribution in [3.8, 4) is 0 Å². The number of hydrogen-bond acceptors (Lipinski definition) is 4. The maximum atomic E-state index is 11.6. The van der Waals surface area contributed by atoms with Crippen molar-refractivity contribution in [2.75, 3.05) is 12.1 Å². The molecule has 0 spiro atoms. The Hall–Kier alpha value is -3.09. The maximum absolute atomic E-state index is 11.6. The number of fused-ring (bicyclic) bond motifs is 1. The number of aromatic nitrogens is 3. The van der Waals surface area contributed by atoms with Gasteiger partial charge in [0.05, 0.1) is 6.21 Å². The topological polar surface area (TPSA) is 86.2 Å². The predicted octanol–water partition coefficient (Wildman–Crippen LogP) is 1.03. The molecular weight excluding hydrogens is 282 g/mol. The van der Waals surface area contributed by atoms with Crippen molar-refractivity contribution in [2.24, 2.45) is 12.1 Å². The van der Waals surface area contributed by atoms with Crippen molar-refractivity contribution in [3.63, 3.8) is 0 Å². The van der Waals surface area contributed by atoms with Crippen LogP contribution in [0.4, 0.5) is 5.82 Å². The van der Waals surface area contributed by atoms with E-state index in [9.17, 15) is 9.59 Å². The zero-order chi connectivity index (χ0) is 15.7. The standard InChI is InChI=1S/C15H15N5O2/c1-19-14(21)7-13(18-15(19)22)20(2)17-9-10-8-16-12-6-4-3-5-11(10)12/h3-9,16H,1-2H3,(H,18,22). The van der Waals surface area contributed by atoms with Crippen molar-refractivity contribution < 1.29 is 0 Å². The molecule has 0 saturated heterocycles. The van der Waals surface area contributed by atoms with Gasteiger partial charge in [0.1, 0.15) is 5.82 Å². The van der Waals surface area contributed by atoms with Crippen molar-refractivity contribution in [1.82, 2.24) is 14.5 Å². The highest BCUT2D eigenvalue weighted by Crippen LogP contribution is 2.16. The lowest BCUT2D eigenvalue weighted by molar-refractivity contribution is 0.766. The molecule has 0 saturated carbocycles. The van der Waals surface area contributed by atoms with Crippen LogP contribution in [0.2, 0.25) is 0 Å². The van der Waals surface area contributed by atoms with E-state index in [4.69, 9.17) is 0 Å². The van der Waals surface area contributed by atoms with Gasteiger partial charge in [0.15, 0.2) is 0 Å². The second-order valence-corrected chi connectivity index (χ2v) is 4.91. The van der Waals surface area contributed by atoms with Crippen molar-refractivity contribution in [2.45, 2.75) is 0 Å². The summed E-state index contributed by atoms with van der Waals surface area (Å²) in [4.78, 5) is 29.0. The molecule has 0 radical (unpaired) electrons. The maximum Gasteiger partial charge on any atom is 0.329 e. The monoisotopic (exact) mass is 297 g/mol. The molecule has 0 bridgehead atoms. The van der Waals surface area contributed by atoms with Crippen LogP contribution in [-0.2, 0) is 7.05 Å². The molecule has 0 atom stereocenters. The lowest BCUT2D eigenvalue weighted by atomic mass is 10.2. The summed E-state index contributed by atoms with van der Waals surface area (Å²) in [5, 5.41) is 6.77. The fraction of sp³-hybridized carbons (Fsp3) is 0.133. The van der Waals surface area contributed by atoms with Crippen LogP contribution < -0.4 is 16.3 Å². The first-order valence-corrected chi connectivity index (χ1v) is 6.70. The summed E-state index contributed by atoms with van der Waals surface area (Å²) >= 11 is 0. The zero-order valence-electron chi connectivity index (χ0n) is 12.2. The average molecular weight is 297 g/mol. The Morgan fingerprint density at radius 2 is 2.05 bits per heavy atom. The largest absolute Gasteiger partial charge is 0.361 e. The van der Waals surface area contributed by atoms with E-state index in [2.05, 4.69) is 15.1 Å². The molecule has 112 valence electrons. The Kier molecular flexibility index (Phi) is 3.38. The van der Waals surface area contributed by atoms with Gasteiger partial charge in [0.2, 0.25) is 0 Å². The third-order valence-electron chi connectivity index (χ3n) is 3.47. The average Bonchev–Trinajstić information content (AvgIpc) is 2.93. The Labute approximate surface area is 125 Å². The van der Waals surface area contributed by atoms with Crippen molar-refractivity contribution in [1.29, 1.82) is 0 Å². The first kappa shape index (κ1) is 13.9. The highest BCUT2D eigenvalue weighted by Gasteiger charge is 2.05. The first-order valence-electron chi connectivity index (χ1n) is 6.70. The molecule has 0 aliphatic heterocycles. The van der Waals surface area contributed by atoms with E-state index < -0.39 is 5.69 Å². The molecule has 22 heavy (non-hydrogen) atoms. The van der Waals surface area contributed by atoms with Crippen LogP contribution in [0.25, 0.3) is 10.9 Å². The number of para-hydroxylation sites is 1. The lowest BCUT2D eigenvalue weighted by Gasteiger charge is -2.11. The van der Waals surface area contributed by atoms with E-state index in [-0.39, 0.29) is 5.56 Å². The Balaban J connectivity index is 1.92. The fourth-order valence-corrected chi connectivity index (χ4v) is 2.13. The molecule has 0 unspecified atom stereocenters. The van der Waals surface area contributed by atoms with Gasteiger partial charge in [0.25, 0.3) is 5.56 Å². The first-order chi connectivity index (χ1) is 10.6. The Bertz CT molecular complexity index is 932. The van der Waals surface area contributed by atoms with Gasteiger partial charge in [0, 0.05) is 42.8 Å². The number of hydrazone groups is 1. The van der Waals surface area contributed by atoms with Crippen LogP contribution in [-0.4, -0.2) is 27.8 Å². The molecule has 0 aliphatic carbocycles. The highest BCUT2D eigenvalue weighted by atomic mass is 16.2. The molecule has 2 N–H and O–H groups in total. The molecule has 1 aromatic carbocycles. The second kappa shape index (κ2) is 5.36. The number of hydrogen-bond donors (Lipinski definition) is 2. The van der Waals surface area contributed by atoms with E-state index in [1.165, 1.54) is 18.1 Å². The SMILES string of the molecule is CN(N=Cc1c[nH]c2ccccc12)c1cc(=O)n(C)c(=O)[nH]1. The summed E-state index contributed by atoms with van der Waals surface area (Å²) < 4.78 is 1.00. The molecule has 3 aromatic rings. The summed E-state index contributed by atoms with van der Waals surface area (Å²) in [6.45, 7) is 0. The summed E-state index contributed by atoms with van der Waals surface area (Å²) in [6.07, 6.45) is 3.53. The van der Waals surface area contributed by atoms with Crippen LogP contribution in [0.3, 0.4) is 0 Å². The number of aromatic amines is 2. The minimum atomic E-state index is -0.475. The van der Waals surface area contributed by atoms with Crippen LogP contribution in [0.5, 0.6) is 0 Å². The minimum Gasteiger partial charge on any atom is -0.361 e. The van der Waals surface area contributed by atoms with Crippen molar-refractivity contribution >= 4 is 22.9 Å².